The van der Waals surface area contributed by atoms with Crippen LogP contribution in [0.25, 0.3) is 28.0 Å². The first kappa shape index (κ1) is 16.1. The minimum absolute atomic E-state index is 0.0532. The van der Waals surface area contributed by atoms with Gasteiger partial charge in [-0.2, -0.15) is 0 Å². The molecule has 3 aromatic rings. The van der Waals surface area contributed by atoms with Crippen LogP contribution in [0.15, 0.2) is 48.5 Å². The number of allylic oxidation sites excluding steroid dienone is 1. The average Bonchev–Trinajstić information content (AvgIpc) is 2.62. The van der Waals surface area contributed by atoms with Gasteiger partial charge in [0.25, 0.3) is 0 Å². The van der Waals surface area contributed by atoms with E-state index in [0.717, 1.165) is 45.5 Å². The smallest absolute Gasteiger partial charge is 0.153 e. The van der Waals surface area contributed by atoms with E-state index in [4.69, 9.17) is 0 Å². The van der Waals surface area contributed by atoms with Crippen molar-refractivity contribution >= 4 is 37.7 Å². The summed E-state index contributed by atoms with van der Waals surface area (Å²) in [5, 5.41) is 13.8. The Hall–Kier alpha value is -2.44. The van der Waals surface area contributed by atoms with Gasteiger partial charge >= 0.3 is 0 Å². The van der Waals surface area contributed by atoms with Crippen LogP contribution in [0.2, 0.25) is 0 Å². The van der Waals surface area contributed by atoms with E-state index in [9.17, 15) is 9.90 Å². The van der Waals surface area contributed by atoms with Gasteiger partial charge in [0, 0.05) is 11.1 Å². The van der Waals surface area contributed by atoms with E-state index in [2.05, 4.69) is 40.4 Å². The number of fused-ring (bicyclic) bond motifs is 2. The molecule has 0 saturated heterocycles. The van der Waals surface area contributed by atoms with Crippen molar-refractivity contribution in [1.82, 2.24) is 0 Å². The van der Waals surface area contributed by atoms with E-state index in [1.165, 1.54) is 5.56 Å². The van der Waals surface area contributed by atoms with Crippen molar-refractivity contribution in [1.29, 1.82) is 0 Å². The van der Waals surface area contributed by atoms with Gasteiger partial charge in [0.2, 0.25) is 0 Å². The maximum Gasteiger partial charge on any atom is 0.153 e. The molecule has 0 radical (unpaired) electrons. The summed E-state index contributed by atoms with van der Waals surface area (Å²) in [6.45, 7) is 2.22. The second-order valence-corrected chi connectivity index (χ2v) is 7.22. The Kier molecular flexibility index (Phi) is 3.94. The molecule has 4 rings (SSSR count). The molecule has 2 nitrogen and oxygen atoms in total. The van der Waals surface area contributed by atoms with Crippen LogP contribution in [0.4, 0.5) is 0 Å². The summed E-state index contributed by atoms with van der Waals surface area (Å²) in [5.74, 6) is 0.490. The number of phenolic OH excluding ortho intramolecular Hbond substituents is 1. The molecule has 0 heterocycles. The van der Waals surface area contributed by atoms with Gasteiger partial charge in [-0.3, -0.25) is 4.79 Å². The van der Waals surface area contributed by atoms with Crippen molar-refractivity contribution in [2.45, 2.75) is 19.3 Å². The first-order chi connectivity index (χ1) is 12.1. The summed E-state index contributed by atoms with van der Waals surface area (Å²) in [4.78, 5) is 11.5. The number of phenols is 1. The molecule has 2 atom stereocenters. The second-order valence-electron chi connectivity index (χ2n) is 6.60. The first-order valence-corrected chi connectivity index (χ1v) is 8.98. The van der Waals surface area contributed by atoms with E-state index >= 15 is 0 Å². The van der Waals surface area contributed by atoms with Crippen LogP contribution >= 0.6 is 9.24 Å². The van der Waals surface area contributed by atoms with Gasteiger partial charge in [-0.05, 0) is 45.6 Å². The maximum atomic E-state index is 11.5. The zero-order valence-electron chi connectivity index (χ0n) is 14.0. The average molecular weight is 346 g/mol. The lowest BCUT2D eigenvalue weighted by Gasteiger charge is -2.23. The highest BCUT2D eigenvalue weighted by atomic mass is 31.0. The van der Waals surface area contributed by atoms with Crippen LogP contribution in [0, 0.1) is 0 Å². The molecule has 1 aliphatic carbocycles. The molecule has 0 saturated carbocycles. The molecule has 0 fully saturated rings. The van der Waals surface area contributed by atoms with Crippen molar-refractivity contribution < 1.29 is 9.90 Å². The molecule has 3 aromatic carbocycles. The minimum Gasteiger partial charge on any atom is -0.507 e. The largest absolute Gasteiger partial charge is 0.507 e. The Labute approximate surface area is 149 Å². The van der Waals surface area contributed by atoms with Gasteiger partial charge in [-0.15, -0.1) is 9.24 Å². The van der Waals surface area contributed by atoms with Crippen molar-refractivity contribution in [3.63, 3.8) is 0 Å². The van der Waals surface area contributed by atoms with Crippen molar-refractivity contribution in [2.24, 2.45) is 0 Å². The fourth-order valence-electron chi connectivity index (χ4n) is 3.76. The molecule has 124 valence electrons. The Balaban J connectivity index is 2.17. The second kappa shape index (κ2) is 6.13. The van der Waals surface area contributed by atoms with Crippen LogP contribution in [-0.2, 0) is 0 Å². The Morgan fingerprint density at radius 1 is 1.16 bits per heavy atom. The Bertz CT molecular complexity index is 1030. The van der Waals surface area contributed by atoms with E-state index < -0.39 is 0 Å². The summed E-state index contributed by atoms with van der Waals surface area (Å²) < 4.78 is 0. The molecule has 25 heavy (non-hydrogen) atoms. The summed E-state index contributed by atoms with van der Waals surface area (Å²) in [7, 11) is 2.77. The molecule has 0 aliphatic heterocycles. The van der Waals surface area contributed by atoms with Gasteiger partial charge in [0.05, 0.1) is 5.56 Å². The number of hydrogen-bond donors (Lipinski definition) is 1. The van der Waals surface area contributed by atoms with Gasteiger partial charge < -0.3 is 5.11 Å². The summed E-state index contributed by atoms with van der Waals surface area (Å²) >= 11 is 0. The molecule has 3 heteroatoms. The van der Waals surface area contributed by atoms with Gasteiger partial charge in [-0.25, -0.2) is 0 Å². The predicted octanol–water partition coefficient (Wildman–Crippen LogP) is 5.05. The van der Waals surface area contributed by atoms with Crippen LogP contribution < -0.4 is 5.30 Å². The third-order valence-corrected chi connectivity index (χ3v) is 5.53. The molecule has 0 spiro atoms. The lowest BCUT2D eigenvalue weighted by molar-refractivity contribution is 0.112. The number of aromatic hydroxyl groups is 1. The SMILES string of the molecule is C[C@@H]1CC=Cc2c1ccc(P)c2-c1c(O)c(C=O)cc2ccccc12. The zero-order valence-corrected chi connectivity index (χ0v) is 15.1. The number of benzene rings is 3. The van der Waals surface area contributed by atoms with Gasteiger partial charge in [0.1, 0.15) is 5.75 Å². The quantitative estimate of drug-likeness (QED) is 0.521. The molecule has 0 amide bonds. The van der Waals surface area contributed by atoms with E-state index in [1.54, 1.807) is 6.07 Å². The van der Waals surface area contributed by atoms with Crippen LogP contribution in [0.1, 0.15) is 40.7 Å². The zero-order chi connectivity index (χ0) is 17.6. The summed E-state index contributed by atoms with van der Waals surface area (Å²) in [6.07, 6.45) is 6.06. The summed E-state index contributed by atoms with van der Waals surface area (Å²) in [6, 6.07) is 13.9. The number of hydrogen-bond acceptors (Lipinski definition) is 2. The number of carbonyl (C=O) groups is 1. The molecule has 1 unspecified atom stereocenters. The fraction of sp³-hybridized carbons (Fsp3) is 0.136. The molecule has 1 aliphatic rings. The lowest BCUT2D eigenvalue weighted by atomic mass is 9.82. The van der Waals surface area contributed by atoms with Crippen LogP contribution in [0.3, 0.4) is 0 Å². The first-order valence-electron chi connectivity index (χ1n) is 8.41. The lowest BCUT2D eigenvalue weighted by Crippen LogP contribution is -2.09. The normalized spacial score (nSPS) is 16.0. The maximum absolute atomic E-state index is 11.5. The van der Waals surface area contributed by atoms with E-state index in [-0.39, 0.29) is 5.75 Å². The summed E-state index contributed by atoms with van der Waals surface area (Å²) in [5.41, 5.74) is 4.46. The van der Waals surface area contributed by atoms with Crippen molar-refractivity contribution in [2.75, 3.05) is 0 Å². The highest BCUT2D eigenvalue weighted by Crippen LogP contribution is 2.43. The molecule has 1 N–H and O–H groups in total. The van der Waals surface area contributed by atoms with E-state index in [1.807, 2.05) is 24.3 Å². The molecular weight excluding hydrogens is 327 g/mol. The molecule has 0 bridgehead atoms. The highest BCUT2D eigenvalue weighted by Gasteiger charge is 2.22. The van der Waals surface area contributed by atoms with Crippen molar-refractivity contribution in [3.05, 3.63) is 65.2 Å². The number of rotatable bonds is 2. The van der Waals surface area contributed by atoms with Crippen LogP contribution in [-0.4, -0.2) is 11.4 Å². The van der Waals surface area contributed by atoms with Gasteiger partial charge in [-0.1, -0.05) is 55.5 Å². The van der Waals surface area contributed by atoms with Crippen molar-refractivity contribution in [3.8, 4) is 16.9 Å². The molecular formula is C22H19O2P. The number of carbonyl (C=O) groups excluding carboxylic acids is 1. The third-order valence-electron chi connectivity index (χ3n) is 5.04. The number of aldehydes is 1. The van der Waals surface area contributed by atoms with Crippen LogP contribution in [0.5, 0.6) is 5.75 Å². The van der Waals surface area contributed by atoms with E-state index in [0.29, 0.717) is 11.5 Å². The molecule has 0 aromatic heterocycles. The fourth-order valence-corrected chi connectivity index (χ4v) is 4.16. The standard InChI is InChI=1S/C22H19O2P/c1-13-5-4-8-18-16(13)9-10-19(25)20(18)21-17-7-3-2-6-14(17)11-15(12-23)22(21)24/h2-4,6-13,24H,5,25H2,1H3/t13-/m1/s1. The Morgan fingerprint density at radius 3 is 2.76 bits per heavy atom. The minimum atomic E-state index is 0.0532. The Morgan fingerprint density at radius 2 is 1.96 bits per heavy atom. The van der Waals surface area contributed by atoms with Gasteiger partial charge in [0.15, 0.2) is 6.29 Å². The highest BCUT2D eigenvalue weighted by molar-refractivity contribution is 7.28. The topological polar surface area (TPSA) is 37.3 Å². The third kappa shape index (κ3) is 2.49. The predicted molar refractivity (Wildman–Crippen MR) is 108 cm³/mol. The monoisotopic (exact) mass is 346 g/mol.